The van der Waals surface area contributed by atoms with Crippen LogP contribution < -0.4 is 14.8 Å². The van der Waals surface area contributed by atoms with Crippen LogP contribution in [-0.2, 0) is 5.60 Å². The summed E-state index contributed by atoms with van der Waals surface area (Å²) in [6.45, 7) is 1.13. The van der Waals surface area contributed by atoms with E-state index in [2.05, 4.69) is 10.3 Å². The van der Waals surface area contributed by atoms with Crippen LogP contribution in [0.5, 0.6) is 11.5 Å². The first kappa shape index (κ1) is 27.1. The van der Waals surface area contributed by atoms with Gasteiger partial charge in [0.2, 0.25) is 5.60 Å². The summed E-state index contributed by atoms with van der Waals surface area (Å²) in [5.74, 6) is -0.372. The lowest BCUT2D eigenvalue weighted by Gasteiger charge is -2.33. The number of benzene rings is 2. The van der Waals surface area contributed by atoms with E-state index < -0.39 is 41.9 Å². The summed E-state index contributed by atoms with van der Waals surface area (Å²) in [6, 6.07) is 12.6. The molecule has 39 heavy (non-hydrogen) atoms. The van der Waals surface area contributed by atoms with E-state index in [4.69, 9.17) is 9.47 Å². The second-order valence-corrected chi connectivity index (χ2v) is 10.00. The molecule has 5 rings (SSSR count). The van der Waals surface area contributed by atoms with Gasteiger partial charge in [-0.05, 0) is 79.4 Å². The number of aromatic nitrogens is 1. The highest BCUT2D eigenvalue weighted by molar-refractivity contribution is 5.96. The topological polar surface area (TPSA) is 80.7 Å². The smallest absolute Gasteiger partial charge is 0.422 e. The fourth-order valence-corrected chi connectivity index (χ4v) is 4.45. The third-order valence-corrected chi connectivity index (χ3v) is 7.15. The molecule has 1 atom stereocenters. The molecule has 1 saturated heterocycles. The molecule has 2 aliphatic rings. The van der Waals surface area contributed by atoms with Crippen LogP contribution in [0.25, 0.3) is 11.3 Å². The van der Waals surface area contributed by atoms with Crippen molar-refractivity contribution in [1.29, 1.82) is 0 Å². The van der Waals surface area contributed by atoms with Crippen LogP contribution in [0.3, 0.4) is 0 Å². The molecule has 0 spiro atoms. The fourth-order valence-electron chi connectivity index (χ4n) is 4.45. The number of nitrogens with zero attached hydrogens (tertiary/aromatic N) is 1. The molecule has 1 aromatic heterocycles. The maximum atomic E-state index is 14.5. The lowest BCUT2D eigenvalue weighted by molar-refractivity contribution is -0.270. The summed E-state index contributed by atoms with van der Waals surface area (Å²) in [4.78, 5) is 17.2. The number of carbonyl (C=O) groups excluding carboxylic acids is 1. The van der Waals surface area contributed by atoms with Crippen molar-refractivity contribution < 1.29 is 36.9 Å². The Morgan fingerprint density at radius 2 is 1.77 bits per heavy atom. The predicted octanol–water partition coefficient (Wildman–Crippen LogP) is 5.54. The molecular weight excluding hydrogens is 516 g/mol. The summed E-state index contributed by atoms with van der Waals surface area (Å²) in [5.41, 5.74) is -2.68. The summed E-state index contributed by atoms with van der Waals surface area (Å²) < 4.78 is 67.9. The first-order valence-electron chi connectivity index (χ1n) is 12.7. The lowest BCUT2D eigenvalue weighted by Crippen LogP contribution is -2.44. The number of ether oxygens (including phenoxy) is 2. The molecule has 1 saturated carbocycles. The van der Waals surface area contributed by atoms with Crippen molar-refractivity contribution in [2.75, 3.05) is 20.2 Å². The van der Waals surface area contributed by atoms with E-state index in [-0.39, 0.29) is 23.3 Å². The van der Waals surface area contributed by atoms with Crippen molar-refractivity contribution in [2.45, 2.75) is 49.5 Å². The Labute approximate surface area is 223 Å². The maximum absolute atomic E-state index is 14.5. The minimum absolute atomic E-state index is 0.0612. The lowest BCUT2D eigenvalue weighted by atomic mass is 9.86. The van der Waals surface area contributed by atoms with Gasteiger partial charge in [0.1, 0.15) is 5.82 Å². The third kappa shape index (κ3) is 5.77. The zero-order valence-corrected chi connectivity index (χ0v) is 21.2. The summed E-state index contributed by atoms with van der Waals surface area (Å²) in [5, 5.41) is 14.2. The van der Waals surface area contributed by atoms with Gasteiger partial charge in [-0.15, -0.1) is 0 Å². The van der Waals surface area contributed by atoms with Crippen molar-refractivity contribution in [1.82, 2.24) is 10.3 Å². The molecule has 0 bridgehead atoms. The van der Waals surface area contributed by atoms with Gasteiger partial charge in [0, 0.05) is 36.6 Å². The molecule has 206 valence electrons. The van der Waals surface area contributed by atoms with Crippen LogP contribution in [0.15, 0.2) is 54.6 Å². The zero-order chi connectivity index (χ0) is 27.8. The normalized spacial score (nSPS) is 17.3. The van der Waals surface area contributed by atoms with E-state index in [0.717, 1.165) is 12.8 Å². The van der Waals surface area contributed by atoms with Crippen molar-refractivity contribution in [3.05, 3.63) is 77.2 Å². The van der Waals surface area contributed by atoms with Crippen LogP contribution in [0.2, 0.25) is 0 Å². The fraction of sp³-hybridized carbons (Fsp3) is 0.379. The van der Waals surface area contributed by atoms with Crippen LogP contribution in [0, 0.1) is 5.82 Å². The Morgan fingerprint density at radius 1 is 1.05 bits per heavy atom. The molecule has 2 N–H and O–H groups in total. The van der Waals surface area contributed by atoms with Gasteiger partial charge in [-0.25, -0.2) is 9.37 Å². The minimum Gasteiger partial charge on any atom is -0.493 e. The number of hydrogen-bond donors (Lipinski definition) is 2. The molecule has 2 aromatic carbocycles. The number of alkyl halides is 3. The summed E-state index contributed by atoms with van der Waals surface area (Å²) in [6.07, 6.45) is -4.69. The summed E-state index contributed by atoms with van der Waals surface area (Å²) in [7, 11) is 1.42. The Kier molecular flexibility index (Phi) is 7.35. The molecule has 0 radical (unpaired) electrons. The quantitative estimate of drug-likeness (QED) is 0.258. The second kappa shape index (κ2) is 10.6. The van der Waals surface area contributed by atoms with Gasteiger partial charge in [0.05, 0.1) is 24.6 Å². The van der Waals surface area contributed by atoms with Gasteiger partial charge >= 0.3 is 6.18 Å². The predicted molar refractivity (Wildman–Crippen MR) is 135 cm³/mol. The highest BCUT2D eigenvalue weighted by atomic mass is 19.4. The number of rotatable bonds is 10. The molecule has 1 unspecified atom stereocenters. The molecule has 0 amide bonds. The Hall–Kier alpha value is -3.50. The number of aliphatic hydroxyl groups is 1. The monoisotopic (exact) mass is 544 g/mol. The number of carbonyl (C=O) groups is 1. The molecular formula is C29H28F4N2O4. The van der Waals surface area contributed by atoms with E-state index in [9.17, 15) is 27.5 Å². The number of nitrogens with one attached hydrogen (secondary N) is 1. The summed E-state index contributed by atoms with van der Waals surface area (Å²) >= 11 is 0. The van der Waals surface area contributed by atoms with E-state index in [0.29, 0.717) is 35.7 Å². The van der Waals surface area contributed by atoms with Crippen molar-refractivity contribution in [2.24, 2.45) is 0 Å². The van der Waals surface area contributed by atoms with E-state index in [1.165, 1.54) is 49.6 Å². The van der Waals surface area contributed by atoms with Crippen molar-refractivity contribution >= 4 is 5.78 Å². The number of ketones is 1. The maximum Gasteiger partial charge on any atom is 0.422 e. The standard InChI is InChI=1S/C29H28F4N2O4/c1-38-26-13-18(4-9-25(26)39-22-7-8-22)24(36)10-11-28(37,29(31,32)33)27-14-19(20-15-34-16-20)12-23(35-27)17-2-5-21(30)6-3-17/h2-6,9,12-14,20,22,34,37H,7-8,10-11,15-16H2,1H3. The van der Waals surface area contributed by atoms with Gasteiger partial charge in [0.25, 0.3) is 0 Å². The van der Waals surface area contributed by atoms with E-state index in [1.807, 2.05) is 0 Å². The average Bonchev–Trinajstić information content (AvgIpc) is 3.70. The molecule has 1 aliphatic carbocycles. The minimum atomic E-state index is -5.11. The zero-order valence-electron chi connectivity index (χ0n) is 21.2. The van der Waals surface area contributed by atoms with E-state index in [1.54, 1.807) is 12.1 Å². The number of hydrogen-bond acceptors (Lipinski definition) is 6. The molecule has 6 nitrogen and oxygen atoms in total. The number of pyridine rings is 1. The Balaban J connectivity index is 1.44. The van der Waals surface area contributed by atoms with Crippen LogP contribution >= 0.6 is 0 Å². The first-order chi connectivity index (χ1) is 18.6. The van der Waals surface area contributed by atoms with Gasteiger partial charge < -0.3 is 19.9 Å². The van der Waals surface area contributed by atoms with Gasteiger partial charge in [-0.1, -0.05) is 0 Å². The SMILES string of the molecule is COc1cc(C(=O)CCC(O)(c2cc(C3CNC3)cc(-c3ccc(F)cc3)n2)C(F)(F)F)ccc1OC1CC1. The number of Topliss-reactive ketones (excluding diaryl/α,β-unsaturated/α-hetero) is 1. The Bertz CT molecular complexity index is 1350. The van der Waals surface area contributed by atoms with Gasteiger partial charge in [-0.3, -0.25) is 4.79 Å². The largest absolute Gasteiger partial charge is 0.493 e. The molecule has 3 aromatic rings. The number of halogens is 4. The van der Waals surface area contributed by atoms with E-state index >= 15 is 0 Å². The van der Waals surface area contributed by atoms with Crippen LogP contribution in [0.1, 0.15) is 53.2 Å². The van der Waals surface area contributed by atoms with Crippen LogP contribution in [0.4, 0.5) is 17.6 Å². The molecule has 2 heterocycles. The Morgan fingerprint density at radius 3 is 2.36 bits per heavy atom. The first-order valence-corrected chi connectivity index (χ1v) is 12.7. The highest BCUT2D eigenvalue weighted by Gasteiger charge is 2.56. The average molecular weight is 545 g/mol. The van der Waals surface area contributed by atoms with Gasteiger partial charge in [-0.2, -0.15) is 13.2 Å². The van der Waals surface area contributed by atoms with Crippen LogP contribution in [-0.4, -0.2) is 48.4 Å². The molecule has 1 aliphatic heterocycles. The highest BCUT2D eigenvalue weighted by Crippen LogP contribution is 2.44. The van der Waals surface area contributed by atoms with Gasteiger partial charge in [0.15, 0.2) is 17.3 Å². The van der Waals surface area contributed by atoms with Crippen molar-refractivity contribution in [3.63, 3.8) is 0 Å². The molecule has 10 heteroatoms. The number of methoxy groups -OCH3 is 1. The van der Waals surface area contributed by atoms with Crippen molar-refractivity contribution in [3.8, 4) is 22.8 Å². The second-order valence-electron chi connectivity index (χ2n) is 10.00. The third-order valence-electron chi connectivity index (χ3n) is 7.15. The molecule has 2 fully saturated rings.